The van der Waals surface area contributed by atoms with E-state index >= 15 is 0 Å². The summed E-state index contributed by atoms with van der Waals surface area (Å²) in [5.41, 5.74) is 3.38. The fraction of sp³-hybridized carbons (Fsp3) is 0.333. The molecule has 1 nitrogen and oxygen atoms in total. The van der Waals surface area contributed by atoms with Crippen molar-refractivity contribution in [3.63, 3.8) is 0 Å². The second kappa shape index (κ2) is 6.29. The molecule has 1 heterocycles. The van der Waals surface area contributed by atoms with Gasteiger partial charge in [-0.15, -0.1) is 0 Å². The second-order valence-electron chi connectivity index (χ2n) is 5.79. The first-order chi connectivity index (χ1) is 10.1. The number of hydrogen-bond donors (Lipinski definition) is 1. The molecule has 0 spiro atoms. The Labute approximate surface area is 133 Å². The Bertz CT molecular complexity index is 641. The molecule has 1 fully saturated rings. The van der Waals surface area contributed by atoms with Gasteiger partial charge in [0.25, 0.3) is 0 Å². The summed E-state index contributed by atoms with van der Waals surface area (Å²) in [4.78, 5) is 0. The molecule has 0 bridgehead atoms. The van der Waals surface area contributed by atoms with Gasteiger partial charge in [-0.3, -0.25) is 0 Å². The van der Waals surface area contributed by atoms with Crippen molar-refractivity contribution in [3.8, 4) is 0 Å². The molecule has 1 aliphatic rings. The van der Waals surface area contributed by atoms with E-state index in [9.17, 15) is 4.39 Å². The van der Waals surface area contributed by atoms with E-state index in [1.165, 1.54) is 11.1 Å². The second-order valence-corrected chi connectivity index (χ2v) is 6.70. The molecule has 0 aromatic heterocycles. The van der Waals surface area contributed by atoms with Gasteiger partial charge in [-0.2, -0.15) is 0 Å². The van der Waals surface area contributed by atoms with Crippen molar-refractivity contribution in [2.45, 2.75) is 25.2 Å². The fourth-order valence-electron chi connectivity index (χ4n) is 3.28. The Morgan fingerprint density at radius 1 is 1.14 bits per heavy atom. The number of rotatable bonds is 2. The van der Waals surface area contributed by atoms with E-state index in [-0.39, 0.29) is 11.7 Å². The summed E-state index contributed by atoms with van der Waals surface area (Å²) in [6.07, 6.45) is 0.964. The van der Waals surface area contributed by atoms with E-state index < -0.39 is 0 Å². The van der Waals surface area contributed by atoms with Gasteiger partial charge in [0, 0.05) is 16.9 Å². The highest BCUT2D eigenvalue weighted by Gasteiger charge is 2.29. The van der Waals surface area contributed by atoms with Crippen LogP contribution in [0.1, 0.15) is 34.9 Å². The molecule has 2 aromatic carbocycles. The maximum absolute atomic E-state index is 14.3. The molecule has 1 saturated heterocycles. The van der Waals surface area contributed by atoms with Gasteiger partial charge in [-0.05, 0) is 55.1 Å². The first kappa shape index (κ1) is 14.7. The first-order valence-electron chi connectivity index (χ1n) is 7.37. The van der Waals surface area contributed by atoms with Crippen LogP contribution in [0, 0.1) is 12.7 Å². The number of benzene rings is 2. The lowest BCUT2D eigenvalue weighted by Crippen LogP contribution is -2.34. The van der Waals surface area contributed by atoms with Crippen LogP contribution in [0.3, 0.4) is 0 Å². The summed E-state index contributed by atoms with van der Waals surface area (Å²) in [6, 6.07) is 13.8. The Morgan fingerprint density at radius 2 is 2.00 bits per heavy atom. The lowest BCUT2D eigenvalue weighted by atomic mass is 9.77. The Morgan fingerprint density at radius 3 is 2.81 bits per heavy atom. The third-order valence-electron chi connectivity index (χ3n) is 4.31. The summed E-state index contributed by atoms with van der Waals surface area (Å²) in [7, 11) is 0. The van der Waals surface area contributed by atoms with Crippen LogP contribution in [0.15, 0.2) is 46.9 Å². The molecule has 2 aromatic rings. The van der Waals surface area contributed by atoms with Gasteiger partial charge in [0.15, 0.2) is 0 Å². The molecule has 0 aliphatic carbocycles. The van der Waals surface area contributed by atoms with Crippen molar-refractivity contribution in [1.82, 2.24) is 5.32 Å². The normalized spacial score (nSPS) is 22.2. The van der Waals surface area contributed by atoms with E-state index in [1.54, 1.807) is 12.1 Å². The van der Waals surface area contributed by atoms with Crippen LogP contribution in [-0.2, 0) is 0 Å². The predicted molar refractivity (Wildman–Crippen MR) is 88.2 cm³/mol. The summed E-state index contributed by atoms with van der Waals surface area (Å²) < 4.78 is 15.2. The predicted octanol–water partition coefficient (Wildman–Crippen LogP) is 4.76. The van der Waals surface area contributed by atoms with Crippen molar-refractivity contribution in [2.75, 3.05) is 13.1 Å². The lowest BCUT2D eigenvalue weighted by molar-refractivity contribution is 0.393. The van der Waals surface area contributed by atoms with Gasteiger partial charge in [-0.1, -0.05) is 45.8 Å². The van der Waals surface area contributed by atoms with Gasteiger partial charge in [0.1, 0.15) is 5.82 Å². The zero-order valence-corrected chi connectivity index (χ0v) is 13.7. The molecule has 0 amide bonds. The van der Waals surface area contributed by atoms with Crippen LogP contribution in [-0.4, -0.2) is 13.1 Å². The molecule has 2 unspecified atom stereocenters. The number of nitrogens with one attached hydrogen (secondary N) is 1. The van der Waals surface area contributed by atoms with Gasteiger partial charge in [0.05, 0.1) is 0 Å². The van der Waals surface area contributed by atoms with Crippen LogP contribution in [0.5, 0.6) is 0 Å². The van der Waals surface area contributed by atoms with E-state index in [1.807, 2.05) is 6.07 Å². The van der Waals surface area contributed by atoms with E-state index in [0.717, 1.165) is 29.5 Å². The standard InChI is InChI=1S/C18H19BrFN/c1-12-3-2-4-13(9-12)17-11-21-8-7-15(17)16-10-14(19)5-6-18(16)20/h2-6,9-10,15,17,21H,7-8,11H2,1H3. The molecule has 1 aliphatic heterocycles. The van der Waals surface area contributed by atoms with E-state index in [2.05, 4.69) is 52.4 Å². The number of aryl methyl sites for hydroxylation is 1. The van der Waals surface area contributed by atoms with Crippen LogP contribution in [0.4, 0.5) is 4.39 Å². The molecule has 0 radical (unpaired) electrons. The van der Waals surface area contributed by atoms with Crippen molar-refractivity contribution in [2.24, 2.45) is 0 Å². The zero-order valence-electron chi connectivity index (χ0n) is 12.1. The Hall–Kier alpha value is -1.19. The monoisotopic (exact) mass is 347 g/mol. The summed E-state index contributed by atoms with van der Waals surface area (Å²) >= 11 is 3.47. The fourth-order valence-corrected chi connectivity index (χ4v) is 3.66. The largest absolute Gasteiger partial charge is 0.316 e. The van der Waals surface area contributed by atoms with Crippen molar-refractivity contribution in [1.29, 1.82) is 0 Å². The maximum atomic E-state index is 14.3. The van der Waals surface area contributed by atoms with Gasteiger partial charge >= 0.3 is 0 Å². The lowest BCUT2D eigenvalue weighted by Gasteiger charge is -2.33. The van der Waals surface area contributed by atoms with Gasteiger partial charge < -0.3 is 5.32 Å². The minimum Gasteiger partial charge on any atom is -0.316 e. The quantitative estimate of drug-likeness (QED) is 0.825. The number of piperidine rings is 1. The topological polar surface area (TPSA) is 12.0 Å². The van der Waals surface area contributed by atoms with Crippen molar-refractivity contribution >= 4 is 15.9 Å². The average Bonchev–Trinajstić information content (AvgIpc) is 2.50. The van der Waals surface area contributed by atoms with Crippen LogP contribution >= 0.6 is 15.9 Å². The smallest absolute Gasteiger partial charge is 0.126 e. The number of hydrogen-bond acceptors (Lipinski definition) is 1. The number of halogens is 2. The van der Waals surface area contributed by atoms with Crippen LogP contribution in [0.25, 0.3) is 0 Å². The summed E-state index contributed by atoms with van der Waals surface area (Å²) in [5.74, 6) is 0.454. The van der Waals surface area contributed by atoms with Crippen molar-refractivity contribution < 1.29 is 4.39 Å². The SMILES string of the molecule is Cc1cccc(C2CNCCC2c2cc(Br)ccc2F)c1. The molecular formula is C18H19BrFN. The van der Waals surface area contributed by atoms with E-state index in [4.69, 9.17) is 0 Å². The molecule has 110 valence electrons. The average molecular weight is 348 g/mol. The molecule has 0 saturated carbocycles. The first-order valence-corrected chi connectivity index (χ1v) is 8.16. The summed E-state index contributed by atoms with van der Waals surface area (Å²) in [5, 5.41) is 3.45. The maximum Gasteiger partial charge on any atom is 0.126 e. The summed E-state index contributed by atoms with van der Waals surface area (Å²) in [6.45, 7) is 3.95. The highest BCUT2D eigenvalue weighted by atomic mass is 79.9. The minimum atomic E-state index is -0.0947. The van der Waals surface area contributed by atoms with Gasteiger partial charge in [-0.25, -0.2) is 4.39 Å². The van der Waals surface area contributed by atoms with Gasteiger partial charge in [0.2, 0.25) is 0 Å². The highest BCUT2D eigenvalue weighted by molar-refractivity contribution is 9.10. The Kier molecular flexibility index (Phi) is 4.41. The van der Waals surface area contributed by atoms with Crippen LogP contribution in [0.2, 0.25) is 0 Å². The molecule has 3 rings (SSSR count). The zero-order chi connectivity index (χ0) is 14.8. The highest BCUT2D eigenvalue weighted by Crippen LogP contribution is 2.39. The molecule has 3 heteroatoms. The van der Waals surface area contributed by atoms with Crippen LogP contribution < -0.4 is 5.32 Å². The third-order valence-corrected chi connectivity index (χ3v) is 4.80. The molecule has 21 heavy (non-hydrogen) atoms. The molecule has 1 N–H and O–H groups in total. The minimum absolute atomic E-state index is 0.0947. The third kappa shape index (κ3) is 3.19. The molecule has 2 atom stereocenters. The molecular weight excluding hydrogens is 329 g/mol. The van der Waals surface area contributed by atoms with E-state index in [0.29, 0.717) is 5.92 Å². The Balaban J connectivity index is 2.00. The van der Waals surface area contributed by atoms with Crippen molar-refractivity contribution in [3.05, 3.63) is 69.4 Å².